The maximum absolute atomic E-state index is 2.66. The zero-order valence-corrected chi connectivity index (χ0v) is 79.4. The standard InChI is InChI=1S/C136H90N8/c1-84-59-63-97(64-60-84)137(93-42-20-8-21-43-93)100-67-71-105-109-51-29-55-113-125-122(90-36-14-5-15-37-90)134-126(121(89-34-12-4-13-35-89)133(125)141(129(109)113)117(105)80-100)114-56-30-52-110-106-72-68-101(81-118(106)142(134)130(110)114)138(94-44-22-9-23-45-94)98-65-61-87(62-66-98)78-88-75-86(3)77-104(79-88)140(96-48-26-11-27-49-96)103-70-74-108-112-54-32-58-116-128-123(91-38-16-6-17-39-91)135-127(124(92-40-18-7-19-41-92)136(128)144(132(112)116)120(108)83-103)115-57-31-53-111-107-73-69-102(82-119(107)143(135)131(111)115)139(95-46-24-10-25-47-95)99-50-28-33-85(2)76-99/h4-77,79-83H,78H2,1-3H3. The molecule has 0 atom stereocenters. The smallest absolute Gasteiger partial charge is 0.0634 e. The highest BCUT2D eigenvalue weighted by Crippen LogP contribution is 2.59. The highest BCUT2D eigenvalue weighted by molar-refractivity contribution is 6.41. The fraction of sp³-hybridized carbons (Fsp3) is 0.0294. The van der Waals surface area contributed by atoms with Crippen molar-refractivity contribution in [2.45, 2.75) is 27.2 Å². The van der Waals surface area contributed by atoms with E-state index in [9.17, 15) is 0 Å². The minimum Gasteiger partial charge on any atom is -0.310 e. The molecule has 30 aromatic rings. The van der Waals surface area contributed by atoms with Crippen LogP contribution in [0.15, 0.2) is 479 Å². The average molecular weight is 1840 g/mol. The van der Waals surface area contributed by atoms with Crippen LogP contribution in [-0.4, -0.2) is 17.6 Å². The summed E-state index contributed by atoms with van der Waals surface area (Å²) in [6.07, 6.45) is 0.713. The molecular weight excluding hydrogens is 1750 g/mol. The first-order valence-electron chi connectivity index (χ1n) is 50.0. The number of aromatic nitrogens is 4. The van der Waals surface area contributed by atoms with Crippen molar-refractivity contribution in [3.05, 3.63) is 507 Å². The lowest BCUT2D eigenvalue weighted by Crippen LogP contribution is -2.11. The zero-order chi connectivity index (χ0) is 94.8. The minimum absolute atomic E-state index is 0.713. The Labute approximate surface area is 830 Å². The predicted molar refractivity (Wildman–Crippen MR) is 609 cm³/mol. The Bertz CT molecular complexity index is 10400. The molecule has 144 heavy (non-hydrogen) atoms. The molecule has 8 nitrogen and oxygen atoms in total. The number of hydrogen-bond acceptors (Lipinski definition) is 4. The van der Waals surface area contributed by atoms with Gasteiger partial charge < -0.3 is 37.2 Å². The van der Waals surface area contributed by atoms with E-state index in [0.29, 0.717) is 6.42 Å². The van der Waals surface area contributed by atoms with Crippen LogP contribution in [0.5, 0.6) is 0 Å². The summed E-state index contributed by atoms with van der Waals surface area (Å²) in [6, 6.07) is 180. The number of rotatable bonds is 18. The van der Waals surface area contributed by atoms with Crippen LogP contribution in [0.3, 0.4) is 0 Å². The second-order valence-corrected chi connectivity index (χ2v) is 39.2. The van der Waals surface area contributed by atoms with E-state index < -0.39 is 0 Å². The Kier molecular flexibility index (Phi) is 17.9. The van der Waals surface area contributed by atoms with E-state index in [2.05, 4.69) is 537 Å². The van der Waals surface area contributed by atoms with E-state index in [0.717, 1.165) is 90.3 Å². The Morgan fingerprint density at radius 2 is 0.396 bits per heavy atom. The summed E-state index contributed by atoms with van der Waals surface area (Å²) in [4.78, 5) is 9.75. The van der Waals surface area contributed by atoms with Gasteiger partial charge in [0.2, 0.25) is 0 Å². The molecule has 0 radical (unpaired) electrons. The van der Waals surface area contributed by atoms with Crippen LogP contribution in [0.4, 0.5) is 68.2 Å². The predicted octanol–water partition coefficient (Wildman–Crippen LogP) is 37.4. The summed E-state index contributed by atoms with van der Waals surface area (Å²) >= 11 is 0. The largest absolute Gasteiger partial charge is 0.310 e. The van der Waals surface area contributed by atoms with Crippen molar-refractivity contribution in [2.75, 3.05) is 19.6 Å². The Morgan fingerprint density at radius 3 is 0.708 bits per heavy atom. The molecule has 8 heterocycles. The second-order valence-electron chi connectivity index (χ2n) is 39.2. The third-order valence-corrected chi connectivity index (χ3v) is 30.8. The number of nitrogens with zero attached hydrogens (tertiary/aromatic N) is 8. The van der Waals surface area contributed by atoms with Gasteiger partial charge in [-0.3, -0.25) is 0 Å². The highest BCUT2D eigenvalue weighted by Gasteiger charge is 2.36. The fourth-order valence-corrected chi connectivity index (χ4v) is 25.1. The van der Waals surface area contributed by atoms with Gasteiger partial charge in [0.25, 0.3) is 0 Å². The van der Waals surface area contributed by atoms with Crippen molar-refractivity contribution >= 4 is 221 Å². The molecule has 0 unspecified atom stereocenters. The van der Waals surface area contributed by atoms with Crippen molar-refractivity contribution in [2.24, 2.45) is 0 Å². The van der Waals surface area contributed by atoms with Crippen LogP contribution < -0.4 is 19.6 Å². The van der Waals surface area contributed by atoms with Crippen molar-refractivity contribution < 1.29 is 0 Å². The topological polar surface area (TPSA) is 30.6 Å². The monoisotopic (exact) mass is 1830 g/mol. The Balaban J connectivity index is 0.567. The van der Waals surface area contributed by atoms with Gasteiger partial charge in [-0.1, -0.05) is 339 Å². The van der Waals surface area contributed by atoms with Crippen LogP contribution >= 0.6 is 0 Å². The molecule has 0 amide bonds. The minimum atomic E-state index is 0.713. The fourth-order valence-electron chi connectivity index (χ4n) is 25.1. The van der Waals surface area contributed by atoms with Gasteiger partial charge in [-0.2, -0.15) is 0 Å². The number of aryl methyl sites for hydroxylation is 3. The number of para-hydroxylation sites is 8. The summed E-state index contributed by atoms with van der Waals surface area (Å²) in [5, 5.41) is 19.6. The summed E-state index contributed by atoms with van der Waals surface area (Å²) < 4.78 is 10.6. The molecule has 0 aliphatic carbocycles. The van der Waals surface area contributed by atoms with E-state index in [1.165, 1.54) is 203 Å². The van der Waals surface area contributed by atoms with Crippen molar-refractivity contribution in [1.82, 2.24) is 17.6 Å². The molecule has 8 heteroatoms. The van der Waals surface area contributed by atoms with Crippen LogP contribution in [0, 0.1) is 20.8 Å². The van der Waals surface area contributed by atoms with E-state index in [4.69, 9.17) is 0 Å². The second kappa shape index (κ2) is 31.6. The summed E-state index contributed by atoms with van der Waals surface area (Å²) in [7, 11) is 0. The van der Waals surface area contributed by atoms with Gasteiger partial charge >= 0.3 is 0 Å². The number of fused-ring (bicyclic) bond motifs is 24. The molecule has 22 aromatic carbocycles. The third-order valence-electron chi connectivity index (χ3n) is 30.8. The highest BCUT2D eigenvalue weighted by atomic mass is 15.2. The molecule has 0 N–H and O–H groups in total. The van der Waals surface area contributed by atoms with Crippen LogP contribution in [0.1, 0.15) is 27.8 Å². The summed E-state index contributed by atoms with van der Waals surface area (Å²) in [5.41, 5.74) is 42.9. The average Bonchev–Trinajstić information content (AvgIpc) is 1.50. The van der Waals surface area contributed by atoms with Gasteiger partial charge in [0.15, 0.2) is 0 Å². The number of hydrogen-bond donors (Lipinski definition) is 0. The quantitative estimate of drug-likeness (QED) is 0.0857. The third kappa shape index (κ3) is 12.0. The normalized spacial score (nSPS) is 12.2. The molecule has 0 aliphatic heterocycles. The van der Waals surface area contributed by atoms with Gasteiger partial charge in [-0.15, -0.1) is 0 Å². The SMILES string of the molecule is Cc1ccc(N(c2ccccc2)c2ccc3c4cccc5c6c(-c7ccccc7)c7c(c(-c8ccccc8)c6n(c3c2)c45)c2cccc3c4ccc(N(c5ccccc5)c5ccc(Cc6cc(C)cc(N(c8ccccc8)c8ccc9c%10cccc%11c%12c(-c%13ccccc%13)c%13c(c(-c%14ccccc%14)c%12n(c9c8)c%10%11)c8cccc9c%10ccc(N(c%11ccccc%11)c%11cccc(C)c%11)cc%10n%13c98)c6)cc5)cc4n7c32)cc1. The molecule has 0 spiro atoms. The van der Waals surface area contributed by atoms with Crippen LogP contribution in [-0.2, 0) is 6.42 Å². The van der Waals surface area contributed by atoms with E-state index in [1.54, 1.807) is 0 Å². The lowest BCUT2D eigenvalue weighted by atomic mass is 9.89. The lowest BCUT2D eigenvalue weighted by Gasteiger charge is -2.27. The molecule has 0 saturated heterocycles. The van der Waals surface area contributed by atoms with E-state index in [-0.39, 0.29) is 0 Å². The lowest BCUT2D eigenvalue weighted by molar-refractivity contribution is 1.16. The van der Waals surface area contributed by atoms with Crippen molar-refractivity contribution in [3.63, 3.8) is 0 Å². The summed E-state index contributed by atoms with van der Waals surface area (Å²) in [5.74, 6) is 0. The summed E-state index contributed by atoms with van der Waals surface area (Å²) in [6.45, 7) is 6.60. The zero-order valence-electron chi connectivity index (χ0n) is 79.4. The van der Waals surface area contributed by atoms with Crippen LogP contribution in [0.25, 0.3) is 197 Å². The molecule has 0 bridgehead atoms. The maximum Gasteiger partial charge on any atom is 0.0634 e. The van der Waals surface area contributed by atoms with Gasteiger partial charge in [0.05, 0.1) is 66.2 Å². The van der Waals surface area contributed by atoms with Gasteiger partial charge in [-0.05, 0) is 217 Å². The Hall–Kier alpha value is -18.8. The van der Waals surface area contributed by atoms with E-state index in [1.807, 2.05) is 0 Å². The van der Waals surface area contributed by atoms with Gasteiger partial charge in [0, 0.05) is 177 Å². The van der Waals surface area contributed by atoms with E-state index >= 15 is 0 Å². The Morgan fingerprint density at radius 1 is 0.153 bits per heavy atom. The molecular formula is C136H90N8. The molecule has 8 aromatic heterocycles. The first kappa shape index (κ1) is 81.3. The van der Waals surface area contributed by atoms with Crippen LogP contribution in [0.2, 0.25) is 0 Å². The number of anilines is 12. The molecule has 0 fully saturated rings. The molecule has 674 valence electrons. The van der Waals surface area contributed by atoms with Crippen molar-refractivity contribution in [1.29, 1.82) is 0 Å². The first-order valence-corrected chi connectivity index (χ1v) is 50.0. The van der Waals surface area contributed by atoms with Gasteiger partial charge in [-0.25, -0.2) is 0 Å². The number of benzene rings is 22. The molecule has 30 rings (SSSR count). The first-order chi connectivity index (χ1) is 71.2. The van der Waals surface area contributed by atoms with Crippen molar-refractivity contribution in [3.8, 4) is 44.5 Å². The maximum atomic E-state index is 2.66. The van der Waals surface area contributed by atoms with Gasteiger partial charge in [0.1, 0.15) is 0 Å². The molecule has 0 aliphatic rings. The molecule has 0 saturated carbocycles.